The van der Waals surface area contributed by atoms with Crippen LogP contribution in [0.1, 0.15) is 5.56 Å². The molecule has 0 aliphatic carbocycles. The lowest BCUT2D eigenvalue weighted by atomic mass is 10.1. The van der Waals surface area contributed by atoms with Crippen molar-refractivity contribution in [3.8, 4) is 0 Å². The van der Waals surface area contributed by atoms with Crippen LogP contribution in [0.5, 0.6) is 0 Å². The molecule has 0 saturated heterocycles. The van der Waals surface area contributed by atoms with Gasteiger partial charge in [-0.2, -0.15) is 4.79 Å². The van der Waals surface area contributed by atoms with Crippen molar-refractivity contribution in [3.63, 3.8) is 0 Å². The number of hydrogen-bond donors (Lipinski definition) is 2. The molecule has 1 aromatic carbocycles. The van der Waals surface area contributed by atoms with Crippen LogP contribution in [-0.2, 0) is 0 Å². The summed E-state index contributed by atoms with van der Waals surface area (Å²) < 4.78 is 0. The normalized spacial score (nSPS) is 11.5. The molecule has 0 fully saturated rings. The van der Waals surface area contributed by atoms with Gasteiger partial charge in [0.1, 0.15) is 11.0 Å². The average Bonchev–Trinajstić information content (AvgIpc) is 2.58. The summed E-state index contributed by atoms with van der Waals surface area (Å²) in [6, 6.07) is 5.59. The van der Waals surface area contributed by atoms with Gasteiger partial charge < -0.3 is 10.9 Å². The number of fused-ring (bicyclic) bond motifs is 1. The van der Waals surface area contributed by atoms with Gasteiger partial charge in [-0.3, -0.25) is 0 Å². The highest BCUT2D eigenvalue weighted by molar-refractivity contribution is 5.84. The second kappa shape index (κ2) is 3.47. The molecule has 0 unspecified atom stereocenters. The second-order valence-electron chi connectivity index (χ2n) is 2.83. The van der Waals surface area contributed by atoms with Crippen molar-refractivity contribution in [2.45, 2.75) is 0 Å². The average molecular weight is 190 g/mol. The number of aliphatic hydroxyl groups is 1. The van der Waals surface area contributed by atoms with Crippen LogP contribution in [0.4, 0.5) is 0 Å². The maximum absolute atomic E-state index is 8.66. The fourth-order valence-electron chi connectivity index (χ4n) is 1.33. The van der Waals surface area contributed by atoms with Gasteiger partial charge in [0.2, 0.25) is 0 Å². The smallest absolute Gasteiger partial charge is 0.119 e. The molecule has 1 aromatic heterocycles. The van der Waals surface area contributed by atoms with E-state index in [9.17, 15) is 0 Å². The minimum atomic E-state index is 0.00250. The lowest BCUT2D eigenvalue weighted by Gasteiger charge is -1.97. The Hall–Kier alpha value is -1.88. The van der Waals surface area contributed by atoms with Crippen molar-refractivity contribution in [2.24, 2.45) is 0 Å². The Morgan fingerprint density at radius 3 is 3.14 bits per heavy atom. The summed E-state index contributed by atoms with van der Waals surface area (Å²) >= 11 is 0. The molecule has 5 heteroatoms. The fourth-order valence-corrected chi connectivity index (χ4v) is 1.33. The summed E-state index contributed by atoms with van der Waals surface area (Å²) in [5.41, 5.74) is 2.40. The minimum Gasteiger partial charge on any atom is -0.392 e. The van der Waals surface area contributed by atoms with Gasteiger partial charge in [0.05, 0.1) is 6.61 Å². The highest BCUT2D eigenvalue weighted by Crippen LogP contribution is 2.15. The van der Waals surface area contributed by atoms with Crippen LogP contribution in [-0.4, -0.2) is 26.8 Å². The molecule has 0 radical (unpaired) electrons. The van der Waals surface area contributed by atoms with E-state index in [2.05, 4.69) is 10.3 Å². The van der Waals surface area contributed by atoms with E-state index in [-0.39, 0.29) is 6.61 Å². The van der Waals surface area contributed by atoms with Crippen LogP contribution in [0.3, 0.4) is 0 Å². The number of hydrogen-bond acceptors (Lipinski definition) is 4. The van der Waals surface area contributed by atoms with E-state index in [4.69, 9.17) is 10.9 Å². The Balaban J connectivity index is 2.63. The first-order valence-electron chi connectivity index (χ1n) is 4.20. The first-order chi connectivity index (χ1) is 6.83. The van der Waals surface area contributed by atoms with E-state index in [0.717, 1.165) is 16.6 Å². The number of aliphatic hydroxyl groups excluding tert-OH is 1. The van der Waals surface area contributed by atoms with Gasteiger partial charge in [-0.15, -0.1) is 5.10 Å². The van der Waals surface area contributed by atoms with E-state index >= 15 is 0 Å². The van der Waals surface area contributed by atoms with Crippen LogP contribution in [0.25, 0.3) is 17.1 Å². The Kier molecular flexibility index (Phi) is 2.16. The summed E-state index contributed by atoms with van der Waals surface area (Å²) in [5, 5.41) is 16.3. The monoisotopic (exact) mass is 190 g/mol. The number of benzene rings is 1. The standard InChI is InChI=1S/C9H10N4O/c10-13-9-7(4-2-6-14)3-1-5-8(9)11-12-13/h1-5,14H,6,10H2/b4-2+. The number of nitrogens with zero attached hydrogens (tertiary/aromatic N) is 3. The zero-order valence-electron chi connectivity index (χ0n) is 7.46. The van der Waals surface area contributed by atoms with E-state index in [1.807, 2.05) is 18.2 Å². The third kappa shape index (κ3) is 1.33. The minimum absolute atomic E-state index is 0.00250. The molecule has 0 bridgehead atoms. The van der Waals surface area contributed by atoms with Crippen molar-refractivity contribution >= 4 is 17.1 Å². The molecule has 0 aliphatic rings. The molecule has 0 spiro atoms. The molecule has 2 rings (SSSR count). The maximum Gasteiger partial charge on any atom is 0.119 e. The Morgan fingerprint density at radius 1 is 1.50 bits per heavy atom. The van der Waals surface area contributed by atoms with Crippen LogP contribution in [0, 0.1) is 0 Å². The van der Waals surface area contributed by atoms with Crippen molar-refractivity contribution in [1.82, 2.24) is 15.1 Å². The largest absolute Gasteiger partial charge is 0.392 e. The summed E-state index contributed by atoms with van der Waals surface area (Å²) in [6.45, 7) is 0.00250. The van der Waals surface area contributed by atoms with Gasteiger partial charge in [0.25, 0.3) is 0 Å². The van der Waals surface area contributed by atoms with Crippen molar-refractivity contribution < 1.29 is 5.11 Å². The van der Waals surface area contributed by atoms with Crippen LogP contribution >= 0.6 is 0 Å². The summed E-state index contributed by atoms with van der Waals surface area (Å²) in [5.74, 6) is 5.60. The van der Waals surface area contributed by atoms with E-state index < -0.39 is 0 Å². The van der Waals surface area contributed by atoms with Crippen molar-refractivity contribution in [3.05, 3.63) is 29.8 Å². The molecule has 1 heterocycles. The van der Waals surface area contributed by atoms with Crippen LogP contribution in [0.2, 0.25) is 0 Å². The lowest BCUT2D eigenvalue weighted by molar-refractivity contribution is 0.343. The number of rotatable bonds is 2. The first-order valence-corrected chi connectivity index (χ1v) is 4.20. The molecule has 3 N–H and O–H groups in total. The van der Waals surface area contributed by atoms with Gasteiger partial charge in [-0.05, 0) is 11.3 Å². The molecule has 0 saturated carbocycles. The quantitative estimate of drug-likeness (QED) is 0.661. The first kappa shape index (κ1) is 8.71. The second-order valence-corrected chi connectivity index (χ2v) is 2.83. The number of para-hydroxylation sites is 1. The molecular weight excluding hydrogens is 180 g/mol. The topological polar surface area (TPSA) is 77.0 Å². The highest BCUT2D eigenvalue weighted by atomic mass is 16.2. The lowest BCUT2D eigenvalue weighted by Crippen LogP contribution is -2.10. The Morgan fingerprint density at radius 2 is 2.36 bits per heavy atom. The SMILES string of the molecule is Nn1nnc2cccc(/C=C/CO)c21. The highest BCUT2D eigenvalue weighted by Gasteiger charge is 2.04. The van der Waals surface area contributed by atoms with E-state index in [0.29, 0.717) is 0 Å². The van der Waals surface area contributed by atoms with Crippen molar-refractivity contribution in [1.29, 1.82) is 0 Å². The number of nitrogens with two attached hydrogens (primary N) is 1. The molecule has 72 valence electrons. The molecule has 5 nitrogen and oxygen atoms in total. The summed E-state index contributed by atoms with van der Waals surface area (Å²) in [6.07, 6.45) is 3.43. The molecule has 0 amide bonds. The molecule has 0 atom stereocenters. The number of aromatic nitrogens is 3. The maximum atomic E-state index is 8.66. The third-order valence-corrected chi connectivity index (χ3v) is 1.93. The van der Waals surface area contributed by atoms with E-state index in [1.54, 1.807) is 12.2 Å². The van der Waals surface area contributed by atoms with Gasteiger partial charge in [-0.25, -0.2) is 0 Å². The number of nitrogen functional groups attached to an aromatic ring is 1. The summed E-state index contributed by atoms with van der Waals surface area (Å²) in [7, 11) is 0. The molecule has 2 aromatic rings. The summed E-state index contributed by atoms with van der Waals surface area (Å²) in [4.78, 5) is 1.23. The fraction of sp³-hybridized carbons (Fsp3) is 0.111. The molecule has 14 heavy (non-hydrogen) atoms. The third-order valence-electron chi connectivity index (χ3n) is 1.93. The van der Waals surface area contributed by atoms with Gasteiger partial charge in [0, 0.05) is 5.56 Å². The zero-order valence-corrected chi connectivity index (χ0v) is 7.46. The van der Waals surface area contributed by atoms with Crippen molar-refractivity contribution in [2.75, 3.05) is 12.4 Å². The van der Waals surface area contributed by atoms with Gasteiger partial charge in [-0.1, -0.05) is 24.3 Å². The molecule has 0 aliphatic heterocycles. The Bertz CT molecular complexity index is 475. The van der Waals surface area contributed by atoms with Gasteiger partial charge >= 0.3 is 0 Å². The van der Waals surface area contributed by atoms with E-state index in [1.165, 1.54) is 4.79 Å². The zero-order chi connectivity index (χ0) is 9.97. The Labute approximate surface area is 80.4 Å². The molecular formula is C9H10N4O. The predicted molar refractivity (Wildman–Crippen MR) is 53.8 cm³/mol. The predicted octanol–water partition coefficient (Wildman–Crippen LogP) is 0.151. The van der Waals surface area contributed by atoms with Crippen LogP contribution in [0.15, 0.2) is 24.3 Å². The van der Waals surface area contributed by atoms with Crippen LogP contribution < -0.4 is 5.84 Å². The van der Waals surface area contributed by atoms with Gasteiger partial charge in [0.15, 0.2) is 0 Å².